The Labute approximate surface area is 71.7 Å². The lowest BCUT2D eigenvalue weighted by Gasteiger charge is -2.11. The van der Waals surface area contributed by atoms with Gasteiger partial charge in [-0.2, -0.15) is 0 Å². The molecule has 3 heteroatoms. The van der Waals surface area contributed by atoms with E-state index in [0.717, 1.165) is 12.1 Å². The van der Waals surface area contributed by atoms with Crippen LogP contribution in [0, 0.1) is 6.92 Å². The van der Waals surface area contributed by atoms with Gasteiger partial charge in [0.05, 0.1) is 11.2 Å². The standard InChI is InChI=1S/C8H14N2S/c1-4-7(9-3)8-6(2)10-5-11-8/h5,7,9H,4H2,1-3H3. The second-order valence-electron chi connectivity index (χ2n) is 2.55. The minimum Gasteiger partial charge on any atom is -0.312 e. The highest BCUT2D eigenvalue weighted by Gasteiger charge is 2.10. The van der Waals surface area contributed by atoms with Gasteiger partial charge in [-0.1, -0.05) is 6.92 Å². The van der Waals surface area contributed by atoms with Crippen LogP contribution in [0.25, 0.3) is 0 Å². The van der Waals surface area contributed by atoms with Crippen molar-refractivity contribution < 1.29 is 0 Å². The Balaban J connectivity index is 2.81. The van der Waals surface area contributed by atoms with Crippen molar-refractivity contribution in [3.63, 3.8) is 0 Å². The number of thiazole rings is 1. The Morgan fingerprint density at radius 1 is 1.73 bits per heavy atom. The SMILES string of the molecule is CCC(NC)c1scnc1C. The van der Waals surface area contributed by atoms with Gasteiger partial charge < -0.3 is 5.32 Å². The van der Waals surface area contributed by atoms with Crippen LogP contribution in [0.3, 0.4) is 0 Å². The minimum absolute atomic E-state index is 0.488. The zero-order chi connectivity index (χ0) is 8.27. The largest absolute Gasteiger partial charge is 0.312 e. The third-order valence-corrected chi connectivity index (χ3v) is 2.90. The van der Waals surface area contributed by atoms with Crippen molar-refractivity contribution in [3.05, 3.63) is 16.1 Å². The Morgan fingerprint density at radius 2 is 2.45 bits per heavy atom. The van der Waals surface area contributed by atoms with Gasteiger partial charge in [-0.3, -0.25) is 0 Å². The topological polar surface area (TPSA) is 24.9 Å². The van der Waals surface area contributed by atoms with Crippen LogP contribution in [0.2, 0.25) is 0 Å². The monoisotopic (exact) mass is 170 g/mol. The zero-order valence-electron chi connectivity index (χ0n) is 7.22. The number of nitrogens with zero attached hydrogens (tertiary/aromatic N) is 1. The number of rotatable bonds is 3. The lowest BCUT2D eigenvalue weighted by atomic mass is 10.2. The summed E-state index contributed by atoms with van der Waals surface area (Å²) < 4.78 is 0. The summed E-state index contributed by atoms with van der Waals surface area (Å²) in [6, 6.07) is 0.488. The van der Waals surface area contributed by atoms with E-state index in [1.807, 2.05) is 12.6 Å². The van der Waals surface area contributed by atoms with Crippen LogP contribution in [0.4, 0.5) is 0 Å². The fourth-order valence-corrected chi connectivity index (χ4v) is 2.16. The Kier molecular flexibility index (Phi) is 3.02. The van der Waals surface area contributed by atoms with Gasteiger partial charge in [0.2, 0.25) is 0 Å². The Morgan fingerprint density at radius 3 is 2.82 bits per heavy atom. The average Bonchev–Trinajstić information content (AvgIpc) is 2.40. The quantitative estimate of drug-likeness (QED) is 0.751. The highest BCUT2D eigenvalue weighted by Crippen LogP contribution is 2.23. The average molecular weight is 170 g/mol. The van der Waals surface area contributed by atoms with E-state index in [2.05, 4.69) is 24.1 Å². The highest BCUT2D eigenvalue weighted by molar-refractivity contribution is 7.09. The van der Waals surface area contributed by atoms with Gasteiger partial charge in [-0.15, -0.1) is 11.3 Å². The lowest BCUT2D eigenvalue weighted by molar-refractivity contribution is 0.582. The van der Waals surface area contributed by atoms with Crippen molar-refractivity contribution in [1.82, 2.24) is 10.3 Å². The molecule has 0 radical (unpaired) electrons. The van der Waals surface area contributed by atoms with Crippen LogP contribution in [-0.2, 0) is 0 Å². The lowest BCUT2D eigenvalue weighted by Crippen LogP contribution is -2.14. The van der Waals surface area contributed by atoms with E-state index in [-0.39, 0.29) is 0 Å². The molecule has 1 aromatic heterocycles. The third-order valence-electron chi connectivity index (χ3n) is 1.86. The van der Waals surface area contributed by atoms with Crippen molar-refractivity contribution in [2.45, 2.75) is 26.3 Å². The molecule has 1 unspecified atom stereocenters. The molecule has 0 saturated carbocycles. The van der Waals surface area contributed by atoms with Crippen molar-refractivity contribution in [1.29, 1.82) is 0 Å². The van der Waals surface area contributed by atoms with Gasteiger partial charge in [0.25, 0.3) is 0 Å². The van der Waals surface area contributed by atoms with E-state index in [1.54, 1.807) is 11.3 Å². The van der Waals surface area contributed by atoms with Gasteiger partial charge in [-0.25, -0.2) is 4.98 Å². The summed E-state index contributed by atoms with van der Waals surface area (Å²) in [5.74, 6) is 0. The number of nitrogens with one attached hydrogen (secondary N) is 1. The third kappa shape index (κ3) is 1.79. The van der Waals surface area contributed by atoms with E-state index in [4.69, 9.17) is 0 Å². The summed E-state index contributed by atoms with van der Waals surface area (Å²) in [6.07, 6.45) is 1.12. The van der Waals surface area contributed by atoms with Gasteiger partial charge >= 0.3 is 0 Å². The highest BCUT2D eigenvalue weighted by atomic mass is 32.1. The van der Waals surface area contributed by atoms with Crippen LogP contribution in [-0.4, -0.2) is 12.0 Å². The molecule has 1 atom stereocenters. The summed E-state index contributed by atoms with van der Waals surface area (Å²) in [6.45, 7) is 4.24. The first kappa shape index (κ1) is 8.68. The number of hydrogen-bond donors (Lipinski definition) is 1. The molecule has 0 aliphatic carbocycles. The molecule has 11 heavy (non-hydrogen) atoms. The minimum atomic E-state index is 0.488. The van der Waals surface area contributed by atoms with Gasteiger partial charge in [-0.05, 0) is 20.4 Å². The van der Waals surface area contributed by atoms with Crippen molar-refractivity contribution in [3.8, 4) is 0 Å². The summed E-state index contributed by atoms with van der Waals surface area (Å²) in [7, 11) is 1.99. The van der Waals surface area contributed by atoms with Crippen LogP contribution < -0.4 is 5.32 Å². The maximum absolute atomic E-state index is 4.21. The summed E-state index contributed by atoms with van der Waals surface area (Å²) in [5.41, 5.74) is 3.07. The van der Waals surface area contributed by atoms with Crippen LogP contribution in [0.15, 0.2) is 5.51 Å². The molecule has 1 aromatic rings. The van der Waals surface area contributed by atoms with Crippen LogP contribution in [0.5, 0.6) is 0 Å². The molecular weight excluding hydrogens is 156 g/mol. The predicted molar refractivity (Wildman–Crippen MR) is 48.9 cm³/mol. The molecule has 0 aliphatic rings. The maximum Gasteiger partial charge on any atom is 0.0798 e. The predicted octanol–water partition coefficient (Wildman–Crippen LogP) is 2.12. The second kappa shape index (κ2) is 3.83. The fourth-order valence-electron chi connectivity index (χ4n) is 1.17. The molecule has 1 N–H and O–H groups in total. The molecule has 0 aromatic carbocycles. The number of hydrogen-bond acceptors (Lipinski definition) is 3. The van der Waals surface area contributed by atoms with Gasteiger partial charge in [0.1, 0.15) is 0 Å². The molecule has 2 nitrogen and oxygen atoms in total. The molecule has 0 fully saturated rings. The normalized spacial score (nSPS) is 13.4. The van der Waals surface area contributed by atoms with Crippen molar-refractivity contribution in [2.75, 3.05) is 7.05 Å². The van der Waals surface area contributed by atoms with E-state index in [9.17, 15) is 0 Å². The second-order valence-corrected chi connectivity index (χ2v) is 3.44. The molecule has 0 spiro atoms. The molecule has 1 rings (SSSR count). The van der Waals surface area contributed by atoms with Gasteiger partial charge in [0, 0.05) is 10.9 Å². The van der Waals surface area contributed by atoms with Crippen molar-refractivity contribution in [2.24, 2.45) is 0 Å². The van der Waals surface area contributed by atoms with Crippen LogP contribution >= 0.6 is 11.3 Å². The summed E-state index contributed by atoms with van der Waals surface area (Å²) in [5, 5.41) is 3.27. The van der Waals surface area contributed by atoms with E-state index in [0.29, 0.717) is 6.04 Å². The smallest absolute Gasteiger partial charge is 0.0798 e. The summed E-state index contributed by atoms with van der Waals surface area (Å²) in [4.78, 5) is 5.58. The molecule has 0 aliphatic heterocycles. The fraction of sp³-hybridized carbons (Fsp3) is 0.625. The van der Waals surface area contributed by atoms with E-state index < -0.39 is 0 Å². The van der Waals surface area contributed by atoms with E-state index in [1.165, 1.54) is 4.88 Å². The molecule has 0 saturated heterocycles. The molecular formula is C8H14N2S. The number of aryl methyl sites for hydroxylation is 1. The molecule has 0 bridgehead atoms. The molecule has 62 valence electrons. The van der Waals surface area contributed by atoms with Gasteiger partial charge in [0.15, 0.2) is 0 Å². The van der Waals surface area contributed by atoms with Crippen LogP contribution in [0.1, 0.15) is 30.0 Å². The zero-order valence-corrected chi connectivity index (χ0v) is 8.03. The Bertz CT molecular complexity index is 216. The molecule has 0 amide bonds. The van der Waals surface area contributed by atoms with Crippen molar-refractivity contribution >= 4 is 11.3 Å². The molecule has 1 heterocycles. The first-order chi connectivity index (χ1) is 5.29. The first-order valence-electron chi connectivity index (χ1n) is 3.86. The number of aromatic nitrogens is 1. The Hall–Kier alpha value is -0.410. The first-order valence-corrected chi connectivity index (χ1v) is 4.74. The summed E-state index contributed by atoms with van der Waals surface area (Å²) >= 11 is 1.73. The maximum atomic E-state index is 4.21. The van der Waals surface area contributed by atoms with E-state index >= 15 is 0 Å².